The number of rotatable bonds is 7. The molecule has 8 nitrogen and oxygen atoms in total. The molecule has 2 aromatic carbocycles. The highest BCUT2D eigenvalue weighted by Crippen LogP contribution is 2.30. The molecular formula is C23H23N3O5. The van der Waals surface area contributed by atoms with Crippen molar-refractivity contribution >= 4 is 35.1 Å². The molecule has 8 heteroatoms. The van der Waals surface area contributed by atoms with Crippen LogP contribution >= 0.6 is 0 Å². The van der Waals surface area contributed by atoms with E-state index < -0.39 is 24.4 Å². The molecule has 2 aromatic rings. The number of hydrogen-bond donors (Lipinski definition) is 2. The first-order valence-electron chi connectivity index (χ1n) is 9.66. The lowest BCUT2D eigenvalue weighted by atomic mass is 10.1. The predicted molar refractivity (Wildman–Crippen MR) is 115 cm³/mol. The molecule has 0 spiro atoms. The zero-order valence-electron chi connectivity index (χ0n) is 17.4. The van der Waals surface area contributed by atoms with E-state index in [1.54, 1.807) is 24.3 Å². The molecule has 160 valence electrons. The van der Waals surface area contributed by atoms with E-state index in [2.05, 4.69) is 17.2 Å². The Morgan fingerprint density at radius 2 is 1.61 bits per heavy atom. The Balaban J connectivity index is 1.43. The van der Waals surface area contributed by atoms with Gasteiger partial charge >= 0.3 is 5.97 Å². The maximum Gasteiger partial charge on any atom is 0.326 e. The second-order valence-electron chi connectivity index (χ2n) is 7.14. The van der Waals surface area contributed by atoms with Crippen molar-refractivity contribution in [1.29, 1.82) is 0 Å². The molecule has 3 amide bonds. The van der Waals surface area contributed by atoms with Crippen LogP contribution in [-0.2, 0) is 19.1 Å². The molecule has 2 N–H and O–H groups in total. The average molecular weight is 421 g/mol. The van der Waals surface area contributed by atoms with Crippen molar-refractivity contribution < 1.29 is 23.9 Å². The molecule has 3 rings (SSSR count). The molecule has 0 aromatic heterocycles. The summed E-state index contributed by atoms with van der Waals surface area (Å²) in [5, 5.41) is 5.15. The number of carbonyl (C=O) groups excluding carboxylic acids is 4. The van der Waals surface area contributed by atoms with Crippen molar-refractivity contribution in [2.75, 3.05) is 25.0 Å². The van der Waals surface area contributed by atoms with Crippen LogP contribution in [0.25, 0.3) is 5.70 Å². The lowest BCUT2D eigenvalue weighted by Gasteiger charge is -2.16. The van der Waals surface area contributed by atoms with E-state index in [9.17, 15) is 19.2 Å². The molecule has 0 aliphatic carbocycles. The van der Waals surface area contributed by atoms with Gasteiger partial charge in [-0.1, -0.05) is 43.0 Å². The first-order chi connectivity index (χ1) is 14.8. The van der Waals surface area contributed by atoms with E-state index in [4.69, 9.17) is 4.74 Å². The zero-order chi connectivity index (χ0) is 22.5. The Kier molecular flexibility index (Phi) is 6.49. The van der Waals surface area contributed by atoms with Crippen molar-refractivity contribution in [1.82, 2.24) is 10.2 Å². The fraction of sp³-hybridized carbons (Fsp3) is 0.217. The van der Waals surface area contributed by atoms with Gasteiger partial charge in [0.05, 0.1) is 6.54 Å². The van der Waals surface area contributed by atoms with Gasteiger partial charge in [0.25, 0.3) is 11.8 Å². The van der Waals surface area contributed by atoms with Gasteiger partial charge in [0.1, 0.15) is 6.54 Å². The predicted octanol–water partition coefficient (Wildman–Crippen LogP) is 2.03. The smallest absolute Gasteiger partial charge is 0.326 e. The highest BCUT2D eigenvalue weighted by Gasteiger charge is 2.32. The number of nitrogens with one attached hydrogen (secondary N) is 2. The summed E-state index contributed by atoms with van der Waals surface area (Å²) < 4.78 is 4.93. The normalized spacial score (nSPS) is 12.4. The highest BCUT2D eigenvalue weighted by molar-refractivity contribution is 6.10. The molecule has 0 saturated heterocycles. The van der Waals surface area contributed by atoms with E-state index in [0.717, 1.165) is 11.1 Å². The summed E-state index contributed by atoms with van der Waals surface area (Å²) >= 11 is 0. The lowest BCUT2D eigenvalue weighted by molar-refractivity contribution is -0.148. The molecule has 1 aliphatic rings. The van der Waals surface area contributed by atoms with Crippen LogP contribution in [0, 0.1) is 13.8 Å². The Labute approximate surface area is 179 Å². The number of fused-ring (bicyclic) bond motifs is 1. The fourth-order valence-corrected chi connectivity index (χ4v) is 3.25. The summed E-state index contributed by atoms with van der Waals surface area (Å²) in [5.74, 6) is -2.11. The highest BCUT2D eigenvalue weighted by atomic mass is 16.5. The van der Waals surface area contributed by atoms with E-state index in [1.165, 1.54) is 4.90 Å². The van der Waals surface area contributed by atoms with Gasteiger partial charge in [-0.05, 0) is 31.0 Å². The Bertz CT molecular complexity index is 1020. The number of carbonyl (C=O) groups is 4. The molecule has 31 heavy (non-hydrogen) atoms. The summed E-state index contributed by atoms with van der Waals surface area (Å²) in [5.41, 5.74) is 4.05. The van der Waals surface area contributed by atoms with E-state index in [0.29, 0.717) is 22.5 Å². The first kappa shape index (κ1) is 21.8. The number of esters is 1. The minimum absolute atomic E-state index is 0.263. The van der Waals surface area contributed by atoms with Gasteiger partial charge in [0, 0.05) is 22.5 Å². The number of ether oxygens (including phenoxy) is 1. The first-order valence-corrected chi connectivity index (χ1v) is 9.66. The SMILES string of the molecule is C=C1c2ccccc2C(=O)N1CC(=O)OCC(=O)NCC(=O)Nc1c(C)cccc1C. The Hall–Kier alpha value is -3.94. The van der Waals surface area contributed by atoms with Crippen LogP contribution in [0.15, 0.2) is 49.0 Å². The number of amides is 3. The molecule has 1 heterocycles. The van der Waals surface area contributed by atoms with Crippen molar-refractivity contribution in [2.45, 2.75) is 13.8 Å². The fourth-order valence-electron chi connectivity index (χ4n) is 3.25. The third-order valence-electron chi connectivity index (χ3n) is 4.88. The monoisotopic (exact) mass is 421 g/mol. The van der Waals surface area contributed by atoms with Gasteiger partial charge in [0.15, 0.2) is 6.61 Å². The summed E-state index contributed by atoms with van der Waals surface area (Å²) in [6.45, 7) is 6.42. The van der Waals surface area contributed by atoms with E-state index in [-0.39, 0.29) is 19.0 Å². The molecule has 0 atom stereocenters. The quantitative estimate of drug-likeness (QED) is 0.666. The number of nitrogens with zero attached hydrogens (tertiary/aromatic N) is 1. The van der Waals surface area contributed by atoms with E-state index in [1.807, 2.05) is 32.0 Å². The van der Waals surface area contributed by atoms with Crippen LogP contribution < -0.4 is 10.6 Å². The van der Waals surface area contributed by atoms with Crippen molar-refractivity contribution in [3.05, 3.63) is 71.3 Å². The van der Waals surface area contributed by atoms with Gasteiger partial charge < -0.3 is 15.4 Å². The third kappa shape index (κ3) is 4.98. The van der Waals surface area contributed by atoms with Crippen LogP contribution in [-0.4, -0.2) is 48.3 Å². The minimum atomic E-state index is -0.752. The van der Waals surface area contributed by atoms with Crippen molar-refractivity contribution in [3.8, 4) is 0 Å². The van der Waals surface area contributed by atoms with Crippen LogP contribution in [0.3, 0.4) is 0 Å². The van der Waals surface area contributed by atoms with Gasteiger partial charge in [-0.3, -0.25) is 24.1 Å². The standard InChI is InChI=1S/C23H23N3O5/c1-14-7-6-8-15(2)22(14)25-19(27)11-24-20(28)13-31-21(29)12-26-16(3)17-9-4-5-10-18(17)23(26)30/h4-10H,3,11-13H2,1-2H3,(H,24,28)(H,25,27). The van der Waals surface area contributed by atoms with E-state index >= 15 is 0 Å². The molecular weight excluding hydrogens is 398 g/mol. The second-order valence-corrected chi connectivity index (χ2v) is 7.14. The summed E-state index contributed by atoms with van der Waals surface area (Å²) in [6.07, 6.45) is 0. The molecule has 0 fully saturated rings. The van der Waals surface area contributed by atoms with Crippen molar-refractivity contribution in [2.24, 2.45) is 0 Å². The minimum Gasteiger partial charge on any atom is -0.454 e. The lowest BCUT2D eigenvalue weighted by Crippen LogP contribution is -2.37. The number of para-hydroxylation sites is 1. The summed E-state index contributed by atoms with van der Waals surface area (Å²) in [7, 11) is 0. The topological polar surface area (TPSA) is 105 Å². The second kappa shape index (κ2) is 9.25. The molecule has 0 unspecified atom stereocenters. The Morgan fingerprint density at radius 1 is 0.968 bits per heavy atom. The number of benzene rings is 2. The molecule has 1 aliphatic heterocycles. The average Bonchev–Trinajstić information content (AvgIpc) is 2.98. The molecule has 0 saturated carbocycles. The third-order valence-corrected chi connectivity index (χ3v) is 4.88. The van der Waals surface area contributed by atoms with Crippen LogP contribution in [0.2, 0.25) is 0 Å². The number of anilines is 1. The number of hydrogen-bond acceptors (Lipinski definition) is 5. The van der Waals surface area contributed by atoms with Gasteiger partial charge in [-0.2, -0.15) is 0 Å². The van der Waals surface area contributed by atoms with Gasteiger partial charge in [0.2, 0.25) is 5.91 Å². The zero-order valence-corrected chi connectivity index (χ0v) is 17.4. The van der Waals surface area contributed by atoms with Crippen LogP contribution in [0.4, 0.5) is 5.69 Å². The number of aryl methyl sites for hydroxylation is 2. The molecule has 0 radical (unpaired) electrons. The van der Waals surface area contributed by atoms with Crippen LogP contribution in [0.1, 0.15) is 27.0 Å². The van der Waals surface area contributed by atoms with Crippen molar-refractivity contribution in [3.63, 3.8) is 0 Å². The maximum atomic E-state index is 12.4. The molecule has 0 bridgehead atoms. The largest absolute Gasteiger partial charge is 0.454 e. The van der Waals surface area contributed by atoms with Gasteiger partial charge in [-0.25, -0.2) is 0 Å². The Morgan fingerprint density at radius 3 is 2.26 bits per heavy atom. The summed E-state index contributed by atoms with van der Waals surface area (Å²) in [4.78, 5) is 49.7. The maximum absolute atomic E-state index is 12.4. The van der Waals surface area contributed by atoms with Crippen LogP contribution in [0.5, 0.6) is 0 Å². The van der Waals surface area contributed by atoms with Gasteiger partial charge in [-0.15, -0.1) is 0 Å². The summed E-state index contributed by atoms with van der Waals surface area (Å²) in [6, 6.07) is 12.5.